The van der Waals surface area contributed by atoms with Crippen molar-refractivity contribution in [1.29, 1.82) is 0 Å². The van der Waals surface area contributed by atoms with Crippen LogP contribution in [0.5, 0.6) is 0 Å². The average Bonchev–Trinajstić information content (AvgIpc) is 2.70. The molecule has 3 heteroatoms. The lowest BCUT2D eigenvalue weighted by Crippen LogP contribution is -2.61. The predicted molar refractivity (Wildman–Crippen MR) is 122 cm³/mol. The van der Waals surface area contributed by atoms with Crippen molar-refractivity contribution < 1.29 is 4.39 Å². The van der Waals surface area contributed by atoms with Gasteiger partial charge >= 0.3 is 0 Å². The van der Waals surface area contributed by atoms with Gasteiger partial charge in [-0.1, -0.05) is 56.4 Å². The highest BCUT2D eigenvalue weighted by atomic mass is 32.1. The van der Waals surface area contributed by atoms with E-state index in [-0.39, 0.29) is 34.9 Å². The van der Waals surface area contributed by atoms with Gasteiger partial charge in [0.2, 0.25) is 0 Å². The highest BCUT2D eigenvalue weighted by Gasteiger charge is 2.63. The van der Waals surface area contributed by atoms with Gasteiger partial charge in [0.05, 0.1) is 6.67 Å². The molecule has 0 saturated heterocycles. The van der Waals surface area contributed by atoms with E-state index >= 15 is 0 Å². The minimum absolute atomic E-state index is 0.144. The molecule has 0 radical (unpaired) electrons. The smallest absolute Gasteiger partial charge is 0.0927 e. The average molecular weight is 414 g/mol. The molecule has 4 atom stereocenters. The first-order valence-electron chi connectivity index (χ1n) is 11.7. The summed E-state index contributed by atoms with van der Waals surface area (Å²) >= 11 is 6.35. The fourth-order valence-corrected chi connectivity index (χ4v) is 8.67. The number of rotatable bonds is 4. The normalized spacial score (nSPS) is 45.3. The highest BCUT2D eigenvalue weighted by molar-refractivity contribution is 7.80. The van der Waals surface area contributed by atoms with E-state index in [1.54, 1.807) is 0 Å². The minimum Gasteiger partial charge on any atom is -0.327 e. The molecule has 0 amide bonds. The van der Waals surface area contributed by atoms with Gasteiger partial charge in [0.1, 0.15) is 0 Å². The molecule has 4 bridgehead atoms. The van der Waals surface area contributed by atoms with Crippen LogP contribution in [-0.2, 0) is 5.41 Å². The van der Waals surface area contributed by atoms with E-state index in [4.69, 9.17) is 18.0 Å². The Labute approximate surface area is 181 Å². The van der Waals surface area contributed by atoms with Crippen LogP contribution in [0, 0.1) is 34.5 Å². The number of halogens is 1. The van der Waals surface area contributed by atoms with E-state index in [1.165, 1.54) is 16.8 Å². The summed E-state index contributed by atoms with van der Waals surface area (Å²) in [6.07, 6.45) is 9.12. The largest absolute Gasteiger partial charge is 0.327 e. The Bertz CT molecular complexity index is 771. The third kappa shape index (κ3) is 3.05. The maximum atomic E-state index is 14.0. The van der Waals surface area contributed by atoms with E-state index in [0.29, 0.717) is 17.8 Å². The van der Waals surface area contributed by atoms with Crippen LogP contribution in [0.2, 0.25) is 0 Å². The fourth-order valence-electron chi connectivity index (χ4n) is 8.23. The van der Waals surface area contributed by atoms with Gasteiger partial charge in [-0.3, -0.25) is 4.39 Å². The Hall–Kier alpha value is -0.800. The maximum absolute atomic E-state index is 14.0. The first-order chi connectivity index (χ1) is 13.8. The molecule has 1 aromatic carbocycles. The van der Waals surface area contributed by atoms with Crippen LogP contribution >= 0.6 is 12.2 Å². The second-order valence-electron chi connectivity index (χ2n) is 11.7. The topological polar surface area (TPSA) is 26.0 Å². The molecule has 1 aromatic rings. The monoisotopic (exact) mass is 413 g/mol. The van der Waals surface area contributed by atoms with E-state index < -0.39 is 0 Å². The number of thiocarbonyl (C=S) groups is 1. The molecule has 0 aromatic heterocycles. The van der Waals surface area contributed by atoms with Crippen LogP contribution < -0.4 is 5.73 Å². The minimum atomic E-state index is -0.144. The third-order valence-corrected chi connectivity index (χ3v) is 10.3. The van der Waals surface area contributed by atoms with E-state index in [2.05, 4.69) is 44.2 Å². The van der Waals surface area contributed by atoms with Gasteiger partial charge < -0.3 is 5.73 Å². The van der Waals surface area contributed by atoms with Crippen LogP contribution in [-0.4, -0.2) is 17.6 Å². The lowest BCUT2D eigenvalue weighted by Gasteiger charge is -2.66. The van der Waals surface area contributed by atoms with Crippen molar-refractivity contribution in [2.45, 2.75) is 76.7 Å². The molecule has 5 aliphatic rings. The molecule has 5 saturated carbocycles. The number of alkyl halides is 1. The van der Waals surface area contributed by atoms with Crippen molar-refractivity contribution in [1.82, 2.24) is 0 Å². The summed E-state index contributed by atoms with van der Waals surface area (Å²) in [6.45, 7) is 4.49. The Kier molecular flexibility index (Phi) is 4.75. The quantitative estimate of drug-likeness (QED) is 0.591. The van der Waals surface area contributed by atoms with Crippen molar-refractivity contribution in [2.75, 3.05) is 6.67 Å². The molecule has 0 spiro atoms. The summed E-state index contributed by atoms with van der Waals surface area (Å²) in [5.41, 5.74) is 8.42. The number of hydrogen-bond acceptors (Lipinski definition) is 2. The van der Waals surface area contributed by atoms with E-state index in [0.717, 1.165) is 44.9 Å². The predicted octanol–water partition coefficient (Wildman–Crippen LogP) is 6.24. The lowest BCUT2D eigenvalue weighted by molar-refractivity contribution is -0.0883. The molecule has 3 unspecified atom stereocenters. The molecule has 1 nitrogen and oxygen atoms in total. The first-order valence-corrected chi connectivity index (χ1v) is 12.1. The standard InChI is InChI=1S/C26H36FNS/c1-24(2)10-17(8-9-22(24)28)23(29)26-13-18-11-25(16-26,20-6-4-3-5-7-20)12-19(14-26)21(18)15-27/h3-7,17-19,21-22H,8-16,28H2,1-2H3/t17?,18?,19?,21?,22-,25?,26?/m0/s1. The second kappa shape index (κ2) is 6.85. The van der Waals surface area contributed by atoms with Gasteiger partial charge in [-0.2, -0.15) is 0 Å². The zero-order valence-corrected chi connectivity index (χ0v) is 18.8. The third-order valence-electron chi connectivity index (χ3n) is 9.56. The van der Waals surface area contributed by atoms with Gasteiger partial charge in [-0.15, -0.1) is 0 Å². The summed E-state index contributed by atoms with van der Waals surface area (Å²) in [6, 6.07) is 11.4. The Balaban J connectivity index is 1.49. The van der Waals surface area contributed by atoms with Crippen molar-refractivity contribution in [3.05, 3.63) is 35.9 Å². The summed E-state index contributed by atoms with van der Waals surface area (Å²) in [4.78, 5) is 1.34. The molecule has 0 heterocycles. The van der Waals surface area contributed by atoms with Crippen molar-refractivity contribution in [3.8, 4) is 0 Å². The van der Waals surface area contributed by atoms with Gasteiger partial charge in [0, 0.05) is 16.3 Å². The van der Waals surface area contributed by atoms with Crippen LogP contribution in [0.1, 0.15) is 70.8 Å². The van der Waals surface area contributed by atoms with Gasteiger partial charge in [0.15, 0.2) is 0 Å². The molecule has 158 valence electrons. The summed E-state index contributed by atoms with van der Waals surface area (Å²) in [7, 11) is 0. The molecule has 6 rings (SSSR count). The zero-order valence-electron chi connectivity index (χ0n) is 18.0. The van der Waals surface area contributed by atoms with Crippen LogP contribution in [0.25, 0.3) is 0 Å². The molecule has 5 fully saturated rings. The van der Waals surface area contributed by atoms with E-state index in [9.17, 15) is 4.39 Å². The number of hydrogen-bond donors (Lipinski definition) is 1. The van der Waals surface area contributed by atoms with Gasteiger partial charge in [-0.05, 0) is 91.4 Å². The van der Waals surface area contributed by atoms with Gasteiger partial charge in [-0.25, -0.2) is 0 Å². The van der Waals surface area contributed by atoms with Crippen molar-refractivity contribution in [2.24, 2.45) is 40.2 Å². The summed E-state index contributed by atoms with van der Waals surface area (Å²) < 4.78 is 14.0. The Morgan fingerprint density at radius 1 is 1.03 bits per heavy atom. The van der Waals surface area contributed by atoms with Gasteiger partial charge in [0.25, 0.3) is 0 Å². The number of benzene rings is 1. The molecule has 2 N–H and O–H groups in total. The molecule has 5 aliphatic carbocycles. The summed E-state index contributed by atoms with van der Waals surface area (Å²) in [5, 5.41) is 0. The van der Waals surface area contributed by atoms with E-state index in [1.807, 2.05) is 0 Å². The van der Waals surface area contributed by atoms with Crippen molar-refractivity contribution >= 4 is 17.1 Å². The van der Waals surface area contributed by atoms with Crippen LogP contribution in [0.4, 0.5) is 4.39 Å². The Morgan fingerprint density at radius 3 is 2.28 bits per heavy atom. The fraction of sp³-hybridized carbons (Fsp3) is 0.731. The first kappa shape index (κ1) is 20.1. The van der Waals surface area contributed by atoms with Crippen molar-refractivity contribution in [3.63, 3.8) is 0 Å². The maximum Gasteiger partial charge on any atom is 0.0927 e. The SMILES string of the molecule is CC1(C)CC(C(=S)C23CC4CC(c5ccccc5)(CC(C2)C4CF)C3)CC[C@@H]1N. The Morgan fingerprint density at radius 2 is 1.69 bits per heavy atom. The molecular weight excluding hydrogens is 377 g/mol. The second-order valence-corrected chi connectivity index (χ2v) is 12.1. The molecule has 29 heavy (non-hydrogen) atoms. The number of nitrogens with two attached hydrogens (primary N) is 1. The summed E-state index contributed by atoms with van der Waals surface area (Å²) in [5.74, 6) is 1.77. The zero-order chi connectivity index (χ0) is 20.4. The molecular formula is C26H36FNS. The van der Waals surface area contributed by atoms with Crippen LogP contribution in [0.3, 0.4) is 0 Å². The lowest BCUT2D eigenvalue weighted by atomic mass is 9.39. The van der Waals surface area contributed by atoms with Crippen LogP contribution in [0.15, 0.2) is 30.3 Å². The highest BCUT2D eigenvalue weighted by Crippen LogP contribution is 2.68. The molecule has 0 aliphatic heterocycles.